The van der Waals surface area contributed by atoms with Crippen LogP contribution in [0.5, 0.6) is 0 Å². The molecule has 0 saturated heterocycles. The lowest BCUT2D eigenvalue weighted by Gasteiger charge is -2.04. The second-order valence-corrected chi connectivity index (χ2v) is 7.25. The highest BCUT2D eigenvalue weighted by Gasteiger charge is 2.09. The molecule has 0 aliphatic rings. The molecule has 0 radical (unpaired) electrons. The largest absolute Gasteiger partial charge is 0.417 e. The van der Waals surface area contributed by atoms with Gasteiger partial charge in [-0.3, -0.25) is 9.78 Å². The number of H-pyrrole nitrogens is 1. The molecule has 0 atom stereocenters. The molecule has 0 unspecified atom stereocenters. The molecular weight excluding hydrogens is 386 g/mol. The summed E-state index contributed by atoms with van der Waals surface area (Å²) in [5, 5.41) is 6.25. The average Bonchev–Trinajstić information content (AvgIpc) is 3.26. The number of nitrogens with one attached hydrogen (secondary N) is 2. The molecule has 6 nitrogen and oxygen atoms in total. The van der Waals surface area contributed by atoms with Crippen LogP contribution in [0.3, 0.4) is 0 Å². The van der Waals surface area contributed by atoms with Gasteiger partial charge in [0, 0.05) is 34.5 Å². The maximum absolute atomic E-state index is 12.1. The van der Waals surface area contributed by atoms with E-state index in [0.29, 0.717) is 34.7 Å². The van der Waals surface area contributed by atoms with Gasteiger partial charge in [0.2, 0.25) is 0 Å². The molecule has 27 heavy (non-hydrogen) atoms. The molecule has 0 bridgehead atoms. The van der Waals surface area contributed by atoms with Gasteiger partial charge in [0.05, 0.1) is 16.2 Å². The van der Waals surface area contributed by atoms with E-state index in [1.807, 2.05) is 11.4 Å². The summed E-state index contributed by atoms with van der Waals surface area (Å²) in [5.74, 6) is -0.640. The molecule has 2 aromatic carbocycles. The molecule has 2 aromatic heterocycles. The predicted octanol–water partition coefficient (Wildman–Crippen LogP) is 3.87. The topological polar surface area (TPSA) is 88.0 Å². The van der Waals surface area contributed by atoms with Crippen LogP contribution in [0.2, 0.25) is 5.02 Å². The normalized spacial score (nSPS) is 11.0. The van der Waals surface area contributed by atoms with Gasteiger partial charge in [0.25, 0.3) is 5.91 Å². The summed E-state index contributed by atoms with van der Waals surface area (Å²) < 4.78 is 5.09. The van der Waals surface area contributed by atoms with E-state index < -0.39 is 5.76 Å². The highest BCUT2D eigenvalue weighted by atomic mass is 35.5. The summed E-state index contributed by atoms with van der Waals surface area (Å²) in [4.78, 5) is 30.6. The van der Waals surface area contributed by atoms with Crippen LogP contribution in [0.25, 0.3) is 22.4 Å². The number of oxazole rings is 1. The number of benzene rings is 2. The number of carbonyl (C=O) groups excluding carboxylic acids is 1. The lowest BCUT2D eigenvalue weighted by molar-refractivity contribution is 0.0954. The van der Waals surface area contributed by atoms with Gasteiger partial charge in [-0.25, -0.2) is 9.78 Å². The van der Waals surface area contributed by atoms with Crippen LogP contribution in [-0.2, 0) is 6.42 Å². The lowest BCUT2D eigenvalue weighted by atomic mass is 10.1. The quantitative estimate of drug-likeness (QED) is 0.533. The van der Waals surface area contributed by atoms with E-state index in [2.05, 4.69) is 15.3 Å². The summed E-state index contributed by atoms with van der Waals surface area (Å²) in [6.07, 6.45) is 0.623. The van der Waals surface area contributed by atoms with Crippen molar-refractivity contribution < 1.29 is 9.21 Å². The van der Waals surface area contributed by atoms with Crippen LogP contribution < -0.4 is 11.1 Å². The van der Waals surface area contributed by atoms with Crippen LogP contribution in [0.4, 0.5) is 0 Å². The first-order chi connectivity index (χ1) is 13.1. The highest BCUT2D eigenvalue weighted by molar-refractivity contribution is 7.09. The molecular formula is C19H14ClN3O3S. The van der Waals surface area contributed by atoms with Crippen molar-refractivity contribution >= 4 is 39.9 Å². The van der Waals surface area contributed by atoms with Gasteiger partial charge in [0.1, 0.15) is 0 Å². The minimum atomic E-state index is -0.475. The van der Waals surface area contributed by atoms with Crippen molar-refractivity contribution in [2.45, 2.75) is 6.42 Å². The molecule has 0 aliphatic heterocycles. The standard InChI is InChI=1S/C19H14ClN3O3S/c20-13-3-1-2-12(8-13)18(24)21-7-6-17-22-15(10-27-17)11-4-5-14-16(9-11)26-19(25)23-14/h1-5,8-10H,6-7H2,(H,21,24)(H,23,25). The molecule has 2 heterocycles. The third kappa shape index (κ3) is 3.94. The SMILES string of the molecule is O=C(NCCc1nc(-c2ccc3[nH]c(=O)oc3c2)cs1)c1cccc(Cl)c1. The maximum atomic E-state index is 12.1. The number of thiazole rings is 1. The Bertz CT molecular complexity index is 1180. The fraction of sp³-hybridized carbons (Fsp3) is 0.105. The first kappa shape index (κ1) is 17.5. The molecule has 2 N–H and O–H groups in total. The maximum Gasteiger partial charge on any atom is 0.417 e. The Kier molecular flexibility index (Phi) is 4.79. The smallest absolute Gasteiger partial charge is 0.408 e. The zero-order valence-electron chi connectivity index (χ0n) is 14.0. The van der Waals surface area contributed by atoms with E-state index in [-0.39, 0.29) is 5.91 Å². The summed E-state index contributed by atoms with van der Waals surface area (Å²) >= 11 is 7.42. The van der Waals surface area contributed by atoms with Crippen molar-refractivity contribution in [3.05, 3.63) is 74.0 Å². The van der Waals surface area contributed by atoms with Crippen molar-refractivity contribution in [2.24, 2.45) is 0 Å². The number of halogens is 1. The van der Waals surface area contributed by atoms with E-state index >= 15 is 0 Å². The third-order valence-corrected chi connectivity index (χ3v) is 5.12. The summed E-state index contributed by atoms with van der Waals surface area (Å²) in [7, 11) is 0. The summed E-state index contributed by atoms with van der Waals surface area (Å²) in [6, 6.07) is 12.3. The van der Waals surface area contributed by atoms with Crippen molar-refractivity contribution in [1.82, 2.24) is 15.3 Å². The van der Waals surface area contributed by atoms with Crippen LogP contribution in [0, 0.1) is 0 Å². The monoisotopic (exact) mass is 399 g/mol. The van der Waals surface area contributed by atoms with Crippen molar-refractivity contribution in [3.63, 3.8) is 0 Å². The number of amides is 1. The minimum absolute atomic E-state index is 0.165. The summed E-state index contributed by atoms with van der Waals surface area (Å²) in [6.45, 7) is 0.476. The molecule has 136 valence electrons. The zero-order valence-corrected chi connectivity index (χ0v) is 15.6. The van der Waals surface area contributed by atoms with Crippen LogP contribution in [0.15, 0.2) is 57.1 Å². The number of aromatic amines is 1. The van der Waals surface area contributed by atoms with Crippen LogP contribution in [0.1, 0.15) is 15.4 Å². The van der Waals surface area contributed by atoms with Crippen molar-refractivity contribution in [1.29, 1.82) is 0 Å². The van der Waals surface area contributed by atoms with E-state index in [4.69, 9.17) is 16.0 Å². The first-order valence-electron chi connectivity index (χ1n) is 8.20. The van der Waals surface area contributed by atoms with Gasteiger partial charge in [-0.15, -0.1) is 11.3 Å². The first-order valence-corrected chi connectivity index (χ1v) is 9.46. The fourth-order valence-electron chi connectivity index (χ4n) is 2.68. The van der Waals surface area contributed by atoms with Gasteiger partial charge >= 0.3 is 5.76 Å². The van der Waals surface area contributed by atoms with E-state index in [1.54, 1.807) is 36.4 Å². The number of nitrogens with zero attached hydrogens (tertiary/aromatic N) is 1. The Morgan fingerprint density at radius 2 is 2.15 bits per heavy atom. The second-order valence-electron chi connectivity index (χ2n) is 5.87. The van der Waals surface area contributed by atoms with Gasteiger partial charge in [-0.05, 0) is 30.3 Å². The lowest BCUT2D eigenvalue weighted by Crippen LogP contribution is -2.25. The van der Waals surface area contributed by atoms with Crippen molar-refractivity contribution in [2.75, 3.05) is 6.54 Å². The molecule has 1 amide bonds. The molecule has 0 spiro atoms. The van der Waals surface area contributed by atoms with E-state index in [9.17, 15) is 9.59 Å². The number of rotatable bonds is 5. The Labute approximate surface area is 162 Å². The summed E-state index contributed by atoms with van der Waals surface area (Å²) in [5.41, 5.74) is 3.37. The van der Waals surface area contributed by atoms with Crippen molar-refractivity contribution in [3.8, 4) is 11.3 Å². The Morgan fingerprint density at radius 1 is 1.26 bits per heavy atom. The zero-order chi connectivity index (χ0) is 18.8. The van der Waals surface area contributed by atoms with Crippen LogP contribution >= 0.6 is 22.9 Å². The number of hydrogen-bond acceptors (Lipinski definition) is 5. The Balaban J connectivity index is 1.40. The van der Waals surface area contributed by atoms with Gasteiger partial charge in [-0.1, -0.05) is 23.7 Å². The Hall–Kier alpha value is -2.90. The molecule has 8 heteroatoms. The average molecular weight is 400 g/mol. The predicted molar refractivity (Wildman–Crippen MR) is 105 cm³/mol. The highest BCUT2D eigenvalue weighted by Crippen LogP contribution is 2.25. The van der Waals surface area contributed by atoms with Crippen LogP contribution in [-0.4, -0.2) is 22.4 Å². The molecule has 4 aromatic rings. The number of carbonyl (C=O) groups is 1. The van der Waals surface area contributed by atoms with Gasteiger partial charge in [0.15, 0.2) is 5.58 Å². The molecule has 0 fully saturated rings. The van der Waals surface area contributed by atoms with Gasteiger partial charge in [-0.2, -0.15) is 0 Å². The van der Waals surface area contributed by atoms with E-state index in [0.717, 1.165) is 16.3 Å². The number of fused-ring (bicyclic) bond motifs is 1. The number of aromatic nitrogens is 2. The second kappa shape index (κ2) is 7.38. The molecule has 0 aliphatic carbocycles. The van der Waals surface area contributed by atoms with E-state index in [1.165, 1.54) is 11.3 Å². The van der Waals surface area contributed by atoms with Gasteiger partial charge < -0.3 is 9.73 Å². The molecule has 0 saturated carbocycles. The minimum Gasteiger partial charge on any atom is -0.408 e. The Morgan fingerprint density at radius 3 is 3.00 bits per heavy atom. The number of hydrogen-bond donors (Lipinski definition) is 2. The third-order valence-electron chi connectivity index (χ3n) is 3.98. The fourth-order valence-corrected chi connectivity index (χ4v) is 3.68. The molecule has 4 rings (SSSR count).